The summed E-state index contributed by atoms with van der Waals surface area (Å²) in [6.45, 7) is 2.53. The van der Waals surface area contributed by atoms with E-state index in [1.165, 1.54) is 25.7 Å². The van der Waals surface area contributed by atoms with E-state index in [4.69, 9.17) is 0 Å². The van der Waals surface area contributed by atoms with Gasteiger partial charge < -0.3 is 4.90 Å². The first-order chi connectivity index (χ1) is 9.15. The van der Waals surface area contributed by atoms with Crippen LogP contribution in [-0.2, 0) is 9.59 Å². The summed E-state index contributed by atoms with van der Waals surface area (Å²) in [6, 6.07) is 0.192. The number of hydrogen-bond acceptors (Lipinski definition) is 2. The fourth-order valence-electron chi connectivity index (χ4n) is 4.59. The number of ketones is 1. The Morgan fingerprint density at radius 3 is 2.58 bits per heavy atom. The number of carbonyl (C=O) groups excluding carboxylic acids is 2. The van der Waals surface area contributed by atoms with Gasteiger partial charge in [0.05, 0.1) is 0 Å². The van der Waals surface area contributed by atoms with Gasteiger partial charge in [0.2, 0.25) is 5.91 Å². The molecular formula is C16H25NO2. The number of carbonyl (C=O) groups is 2. The lowest BCUT2D eigenvalue weighted by Gasteiger charge is -2.38. The van der Waals surface area contributed by atoms with Gasteiger partial charge in [-0.05, 0) is 57.3 Å². The van der Waals surface area contributed by atoms with Gasteiger partial charge in [-0.2, -0.15) is 0 Å². The Bertz CT molecular complexity index is 379. The Morgan fingerprint density at radius 1 is 1.11 bits per heavy atom. The maximum absolute atomic E-state index is 12.8. The van der Waals surface area contributed by atoms with Crippen LogP contribution in [0.2, 0.25) is 0 Å². The molecule has 2 saturated carbocycles. The SMILES string of the molecule is CC(=O)CC1CCCCN1C(=O)C1CC2CCC1C2. The van der Waals surface area contributed by atoms with Crippen molar-refractivity contribution >= 4 is 11.7 Å². The van der Waals surface area contributed by atoms with Gasteiger partial charge in [-0.25, -0.2) is 0 Å². The summed E-state index contributed by atoms with van der Waals surface area (Å²) in [5.74, 6) is 2.34. The predicted octanol–water partition coefficient (Wildman–Crippen LogP) is 2.78. The molecule has 1 saturated heterocycles. The third-order valence-corrected chi connectivity index (χ3v) is 5.49. The van der Waals surface area contributed by atoms with Crippen LogP contribution in [-0.4, -0.2) is 29.2 Å². The second-order valence-electron chi connectivity index (χ2n) is 6.87. The molecule has 0 aromatic rings. The van der Waals surface area contributed by atoms with Gasteiger partial charge in [0, 0.05) is 24.9 Å². The van der Waals surface area contributed by atoms with Crippen LogP contribution in [0.4, 0.5) is 0 Å². The standard InChI is InChI=1S/C16H25NO2/c1-11(18)8-14-4-2-3-7-17(14)16(19)15-10-12-5-6-13(15)9-12/h12-15H,2-10H2,1H3. The van der Waals surface area contributed by atoms with E-state index in [-0.39, 0.29) is 17.7 Å². The maximum Gasteiger partial charge on any atom is 0.226 e. The normalized spacial score (nSPS) is 37.6. The van der Waals surface area contributed by atoms with Crippen LogP contribution in [0.3, 0.4) is 0 Å². The van der Waals surface area contributed by atoms with Crippen LogP contribution >= 0.6 is 0 Å². The van der Waals surface area contributed by atoms with Crippen molar-refractivity contribution in [2.24, 2.45) is 17.8 Å². The number of fused-ring (bicyclic) bond motifs is 2. The lowest BCUT2D eigenvalue weighted by molar-refractivity contribution is -0.141. The number of nitrogens with zero attached hydrogens (tertiary/aromatic N) is 1. The molecule has 0 N–H and O–H groups in total. The first-order valence-corrected chi connectivity index (χ1v) is 7.95. The summed E-state index contributed by atoms with van der Waals surface area (Å²) >= 11 is 0. The Hall–Kier alpha value is -0.860. The molecule has 0 spiro atoms. The minimum Gasteiger partial charge on any atom is -0.339 e. The van der Waals surface area contributed by atoms with Gasteiger partial charge in [0.1, 0.15) is 5.78 Å². The molecule has 3 aliphatic rings. The molecule has 4 unspecified atom stereocenters. The highest BCUT2D eigenvalue weighted by Crippen LogP contribution is 2.49. The quantitative estimate of drug-likeness (QED) is 0.785. The molecule has 3 rings (SSSR count). The van der Waals surface area contributed by atoms with Crippen molar-refractivity contribution in [3.8, 4) is 0 Å². The average Bonchev–Trinajstić information content (AvgIpc) is 3.00. The summed E-state index contributed by atoms with van der Waals surface area (Å²) in [4.78, 5) is 26.3. The topological polar surface area (TPSA) is 37.4 Å². The van der Waals surface area contributed by atoms with Crippen LogP contribution in [0.1, 0.15) is 58.3 Å². The van der Waals surface area contributed by atoms with Crippen molar-refractivity contribution in [1.29, 1.82) is 0 Å². The van der Waals surface area contributed by atoms with E-state index in [0.29, 0.717) is 18.2 Å². The first kappa shape index (κ1) is 13.1. The van der Waals surface area contributed by atoms with Gasteiger partial charge in [0.15, 0.2) is 0 Å². The highest BCUT2D eigenvalue weighted by atomic mass is 16.2. The zero-order valence-corrected chi connectivity index (χ0v) is 11.9. The lowest BCUT2D eigenvalue weighted by Crippen LogP contribution is -2.48. The molecule has 3 fully saturated rings. The summed E-state index contributed by atoms with van der Waals surface area (Å²) < 4.78 is 0. The molecule has 0 radical (unpaired) electrons. The van der Waals surface area contributed by atoms with Crippen LogP contribution in [0, 0.1) is 17.8 Å². The number of likely N-dealkylation sites (tertiary alicyclic amines) is 1. The predicted molar refractivity (Wildman–Crippen MR) is 73.6 cm³/mol. The van der Waals surface area contributed by atoms with Crippen molar-refractivity contribution in [1.82, 2.24) is 4.90 Å². The van der Waals surface area contributed by atoms with E-state index in [2.05, 4.69) is 4.90 Å². The molecule has 2 aliphatic carbocycles. The smallest absolute Gasteiger partial charge is 0.226 e. The van der Waals surface area contributed by atoms with Crippen molar-refractivity contribution < 1.29 is 9.59 Å². The van der Waals surface area contributed by atoms with E-state index >= 15 is 0 Å². The van der Waals surface area contributed by atoms with Crippen LogP contribution < -0.4 is 0 Å². The summed E-state index contributed by atoms with van der Waals surface area (Å²) in [5.41, 5.74) is 0. The first-order valence-electron chi connectivity index (χ1n) is 7.95. The van der Waals surface area contributed by atoms with E-state index in [9.17, 15) is 9.59 Å². The molecule has 19 heavy (non-hydrogen) atoms. The lowest BCUT2D eigenvalue weighted by atomic mass is 9.86. The fraction of sp³-hybridized carbons (Fsp3) is 0.875. The number of piperidine rings is 1. The fourth-order valence-corrected chi connectivity index (χ4v) is 4.59. The van der Waals surface area contributed by atoms with E-state index in [0.717, 1.165) is 31.7 Å². The van der Waals surface area contributed by atoms with Crippen molar-refractivity contribution in [3.63, 3.8) is 0 Å². The van der Waals surface area contributed by atoms with Gasteiger partial charge in [-0.15, -0.1) is 0 Å². The molecule has 2 bridgehead atoms. The number of amides is 1. The second kappa shape index (κ2) is 5.26. The minimum absolute atomic E-state index is 0.192. The second-order valence-corrected chi connectivity index (χ2v) is 6.87. The van der Waals surface area contributed by atoms with E-state index in [1.54, 1.807) is 6.92 Å². The molecule has 3 nitrogen and oxygen atoms in total. The Balaban J connectivity index is 1.68. The van der Waals surface area contributed by atoms with E-state index < -0.39 is 0 Å². The Kier molecular flexibility index (Phi) is 3.64. The largest absolute Gasteiger partial charge is 0.339 e. The van der Waals surface area contributed by atoms with Crippen LogP contribution in [0.15, 0.2) is 0 Å². The number of rotatable bonds is 3. The zero-order valence-electron chi connectivity index (χ0n) is 11.9. The van der Waals surface area contributed by atoms with Gasteiger partial charge >= 0.3 is 0 Å². The van der Waals surface area contributed by atoms with Crippen molar-refractivity contribution in [2.45, 2.75) is 64.3 Å². The van der Waals surface area contributed by atoms with Gasteiger partial charge in [-0.3, -0.25) is 9.59 Å². The van der Waals surface area contributed by atoms with Crippen molar-refractivity contribution in [3.05, 3.63) is 0 Å². The number of Topliss-reactive ketones (excluding diaryl/α,β-unsaturated/α-hetero) is 1. The average molecular weight is 263 g/mol. The third kappa shape index (κ3) is 2.56. The molecular weight excluding hydrogens is 238 g/mol. The maximum atomic E-state index is 12.8. The molecule has 1 aliphatic heterocycles. The zero-order chi connectivity index (χ0) is 13.4. The third-order valence-electron chi connectivity index (χ3n) is 5.49. The Morgan fingerprint density at radius 2 is 1.95 bits per heavy atom. The van der Waals surface area contributed by atoms with E-state index in [1.807, 2.05) is 0 Å². The van der Waals surface area contributed by atoms with Gasteiger partial charge in [-0.1, -0.05) is 6.42 Å². The van der Waals surface area contributed by atoms with Crippen molar-refractivity contribution in [2.75, 3.05) is 6.54 Å². The molecule has 1 heterocycles. The summed E-state index contributed by atoms with van der Waals surface area (Å²) in [5, 5.41) is 0. The highest BCUT2D eigenvalue weighted by Gasteiger charge is 2.45. The Labute approximate surface area is 115 Å². The molecule has 1 amide bonds. The summed E-state index contributed by atoms with van der Waals surface area (Å²) in [7, 11) is 0. The molecule has 4 atom stereocenters. The molecule has 3 heteroatoms. The summed E-state index contributed by atoms with van der Waals surface area (Å²) in [6.07, 6.45) is 8.85. The molecule has 106 valence electrons. The molecule has 0 aromatic heterocycles. The van der Waals surface area contributed by atoms with Crippen LogP contribution in [0.5, 0.6) is 0 Å². The van der Waals surface area contributed by atoms with Crippen LogP contribution in [0.25, 0.3) is 0 Å². The van der Waals surface area contributed by atoms with Gasteiger partial charge in [0.25, 0.3) is 0 Å². The number of hydrogen-bond donors (Lipinski definition) is 0. The monoisotopic (exact) mass is 263 g/mol. The minimum atomic E-state index is 0.192. The highest BCUT2D eigenvalue weighted by molar-refractivity contribution is 5.82. The molecule has 0 aromatic carbocycles.